The van der Waals surface area contributed by atoms with Crippen LogP contribution in [0.3, 0.4) is 0 Å². The molecule has 2 aromatic rings. The van der Waals surface area contributed by atoms with E-state index in [4.69, 9.17) is 4.74 Å². The molecule has 0 aliphatic carbocycles. The van der Waals surface area contributed by atoms with Gasteiger partial charge in [0.25, 0.3) is 5.88 Å². The molecule has 0 bridgehead atoms. The van der Waals surface area contributed by atoms with E-state index in [-0.39, 0.29) is 24.4 Å². The third-order valence-corrected chi connectivity index (χ3v) is 4.50. The number of urea groups is 1. The molecule has 0 radical (unpaired) electrons. The standard InChI is InChI=1S/C18H22FN5O2/c1-23(18(25)22-11-13-4-3-5-14(19)10-13)15-6-9-24(12-15)16-17(26-2)21-8-7-20-16/h3-5,7-8,10,15H,6,9,11-12H2,1-2H3,(H,22,25). The largest absolute Gasteiger partial charge is 0.478 e. The van der Waals surface area contributed by atoms with Crippen molar-refractivity contribution in [1.29, 1.82) is 0 Å². The average Bonchev–Trinajstić information content (AvgIpc) is 3.15. The van der Waals surface area contributed by atoms with Gasteiger partial charge in [-0.25, -0.2) is 19.2 Å². The number of amides is 2. The summed E-state index contributed by atoms with van der Waals surface area (Å²) in [5.74, 6) is 0.854. The van der Waals surface area contributed by atoms with E-state index in [0.717, 1.165) is 18.5 Å². The summed E-state index contributed by atoms with van der Waals surface area (Å²) in [7, 11) is 3.33. The number of halogens is 1. The van der Waals surface area contributed by atoms with E-state index in [0.29, 0.717) is 18.2 Å². The third-order valence-electron chi connectivity index (χ3n) is 4.50. The molecule has 138 valence electrons. The Morgan fingerprint density at radius 3 is 3.00 bits per heavy atom. The molecule has 1 saturated heterocycles. The zero-order valence-corrected chi connectivity index (χ0v) is 14.9. The summed E-state index contributed by atoms with van der Waals surface area (Å²) < 4.78 is 18.5. The molecule has 1 aromatic carbocycles. The second-order valence-electron chi connectivity index (χ2n) is 6.18. The van der Waals surface area contributed by atoms with E-state index in [1.54, 1.807) is 43.6 Å². The number of aromatic nitrogens is 2. The highest BCUT2D eigenvalue weighted by atomic mass is 19.1. The molecule has 2 amide bonds. The first-order valence-corrected chi connectivity index (χ1v) is 8.43. The molecule has 0 spiro atoms. The van der Waals surface area contributed by atoms with Crippen LogP contribution in [0.1, 0.15) is 12.0 Å². The molecule has 1 aliphatic heterocycles. The van der Waals surface area contributed by atoms with Crippen molar-refractivity contribution in [1.82, 2.24) is 20.2 Å². The van der Waals surface area contributed by atoms with Gasteiger partial charge in [0.05, 0.1) is 13.2 Å². The average molecular weight is 359 g/mol. The maximum atomic E-state index is 13.2. The van der Waals surface area contributed by atoms with Crippen LogP contribution < -0.4 is 15.0 Å². The Morgan fingerprint density at radius 1 is 1.42 bits per heavy atom. The summed E-state index contributed by atoms with van der Waals surface area (Å²) in [6.45, 7) is 1.70. The summed E-state index contributed by atoms with van der Waals surface area (Å²) in [6, 6.07) is 6.06. The van der Waals surface area contributed by atoms with E-state index in [2.05, 4.69) is 20.2 Å². The summed E-state index contributed by atoms with van der Waals surface area (Å²) in [4.78, 5) is 24.7. The van der Waals surface area contributed by atoms with Gasteiger partial charge in [0.1, 0.15) is 5.82 Å². The van der Waals surface area contributed by atoms with Crippen molar-refractivity contribution in [2.45, 2.75) is 19.0 Å². The molecule has 1 atom stereocenters. The Morgan fingerprint density at radius 2 is 2.23 bits per heavy atom. The first-order chi connectivity index (χ1) is 12.6. The van der Waals surface area contributed by atoms with Crippen LogP contribution in [0, 0.1) is 5.82 Å². The van der Waals surface area contributed by atoms with Gasteiger partial charge in [-0.1, -0.05) is 12.1 Å². The van der Waals surface area contributed by atoms with E-state index in [1.807, 2.05) is 0 Å². The highest BCUT2D eigenvalue weighted by Gasteiger charge is 2.30. The highest BCUT2D eigenvalue weighted by Crippen LogP contribution is 2.27. The minimum atomic E-state index is -0.311. The molecular formula is C18H22FN5O2. The lowest BCUT2D eigenvalue weighted by atomic mass is 10.2. The van der Waals surface area contributed by atoms with Crippen LogP contribution in [0.4, 0.5) is 15.0 Å². The Hall–Kier alpha value is -2.90. The molecule has 0 saturated carbocycles. The molecule has 8 heteroatoms. The molecule has 26 heavy (non-hydrogen) atoms. The van der Waals surface area contributed by atoms with E-state index in [1.165, 1.54) is 12.1 Å². The van der Waals surface area contributed by atoms with Crippen LogP contribution in [0.2, 0.25) is 0 Å². The summed E-state index contributed by atoms with van der Waals surface area (Å²) in [5.41, 5.74) is 0.726. The van der Waals surface area contributed by atoms with Crippen molar-refractivity contribution in [2.75, 3.05) is 32.1 Å². The quantitative estimate of drug-likeness (QED) is 0.885. The number of methoxy groups -OCH3 is 1. The SMILES string of the molecule is COc1nccnc1N1CCC(N(C)C(=O)NCc2cccc(F)c2)C1. The number of rotatable bonds is 5. The second-order valence-corrected chi connectivity index (χ2v) is 6.18. The highest BCUT2D eigenvalue weighted by molar-refractivity contribution is 5.74. The van der Waals surface area contributed by atoms with Crippen LogP contribution >= 0.6 is 0 Å². The van der Waals surface area contributed by atoms with Crippen LogP contribution in [0.15, 0.2) is 36.7 Å². The predicted octanol–water partition coefficient (Wildman–Crippen LogP) is 2.04. The minimum absolute atomic E-state index is 0.0502. The summed E-state index contributed by atoms with van der Waals surface area (Å²) >= 11 is 0. The maximum Gasteiger partial charge on any atom is 0.317 e. The van der Waals surface area contributed by atoms with Crippen LogP contribution in [-0.2, 0) is 6.54 Å². The lowest BCUT2D eigenvalue weighted by Gasteiger charge is -2.25. The number of ether oxygens (including phenoxy) is 1. The van der Waals surface area contributed by atoms with Crippen molar-refractivity contribution in [3.05, 3.63) is 48.0 Å². The number of likely N-dealkylation sites (N-methyl/N-ethyl adjacent to an activating group) is 1. The van der Waals surface area contributed by atoms with E-state index in [9.17, 15) is 9.18 Å². The smallest absolute Gasteiger partial charge is 0.317 e. The Bertz CT molecular complexity index is 773. The van der Waals surface area contributed by atoms with Crippen molar-refractivity contribution in [3.63, 3.8) is 0 Å². The maximum absolute atomic E-state index is 13.2. The van der Waals surface area contributed by atoms with Crippen LogP contribution in [0.25, 0.3) is 0 Å². The van der Waals surface area contributed by atoms with Crippen LogP contribution in [0.5, 0.6) is 5.88 Å². The number of benzene rings is 1. The normalized spacial score (nSPS) is 16.4. The third kappa shape index (κ3) is 4.01. The Kier molecular flexibility index (Phi) is 5.50. The molecule has 1 fully saturated rings. The van der Waals surface area contributed by atoms with Crippen molar-refractivity contribution in [3.8, 4) is 5.88 Å². The van der Waals surface area contributed by atoms with E-state index < -0.39 is 0 Å². The van der Waals surface area contributed by atoms with Gasteiger partial charge in [0, 0.05) is 39.1 Å². The number of hydrogen-bond acceptors (Lipinski definition) is 5. The molecule has 7 nitrogen and oxygen atoms in total. The predicted molar refractivity (Wildman–Crippen MR) is 95.6 cm³/mol. The fourth-order valence-corrected chi connectivity index (χ4v) is 3.04. The zero-order valence-electron chi connectivity index (χ0n) is 14.9. The fourth-order valence-electron chi connectivity index (χ4n) is 3.04. The van der Waals surface area contributed by atoms with Gasteiger partial charge >= 0.3 is 6.03 Å². The van der Waals surface area contributed by atoms with Crippen molar-refractivity contribution < 1.29 is 13.9 Å². The first kappa shape index (κ1) is 17.9. The second kappa shape index (κ2) is 7.99. The molecule has 1 N–H and O–H groups in total. The van der Waals surface area contributed by atoms with Crippen molar-refractivity contribution in [2.24, 2.45) is 0 Å². The number of nitrogens with zero attached hydrogens (tertiary/aromatic N) is 4. The van der Waals surface area contributed by atoms with Gasteiger partial charge < -0.3 is 19.9 Å². The Balaban J connectivity index is 1.57. The number of hydrogen-bond donors (Lipinski definition) is 1. The van der Waals surface area contributed by atoms with Gasteiger partial charge in [-0.05, 0) is 24.1 Å². The number of anilines is 1. The lowest BCUT2D eigenvalue weighted by Crippen LogP contribution is -2.44. The van der Waals surface area contributed by atoms with Gasteiger partial charge in [0.2, 0.25) is 0 Å². The fraction of sp³-hybridized carbons (Fsp3) is 0.389. The summed E-state index contributed by atoms with van der Waals surface area (Å²) in [5, 5.41) is 2.83. The summed E-state index contributed by atoms with van der Waals surface area (Å²) in [6.07, 6.45) is 4.03. The Labute approximate surface area is 151 Å². The van der Waals surface area contributed by atoms with Gasteiger partial charge in [-0.2, -0.15) is 0 Å². The molecule has 3 rings (SSSR count). The topological polar surface area (TPSA) is 70.6 Å². The number of carbonyl (C=O) groups excluding carboxylic acids is 1. The first-order valence-electron chi connectivity index (χ1n) is 8.43. The zero-order chi connectivity index (χ0) is 18.5. The van der Waals surface area contributed by atoms with Crippen LogP contribution in [-0.4, -0.2) is 54.2 Å². The lowest BCUT2D eigenvalue weighted by molar-refractivity contribution is 0.194. The minimum Gasteiger partial charge on any atom is -0.478 e. The van der Waals surface area contributed by atoms with E-state index >= 15 is 0 Å². The number of carbonyl (C=O) groups is 1. The molecule has 1 aromatic heterocycles. The molecule has 2 heterocycles. The number of nitrogens with one attached hydrogen (secondary N) is 1. The van der Waals surface area contributed by atoms with Crippen molar-refractivity contribution >= 4 is 11.8 Å². The molecular weight excluding hydrogens is 337 g/mol. The van der Waals surface area contributed by atoms with Gasteiger partial charge in [-0.3, -0.25) is 0 Å². The van der Waals surface area contributed by atoms with Gasteiger partial charge in [-0.15, -0.1) is 0 Å². The molecule has 1 aliphatic rings. The monoisotopic (exact) mass is 359 g/mol. The van der Waals surface area contributed by atoms with Gasteiger partial charge in [0.15, 0.2) is 5.82 Å². The molecule has 1 unspecified atom stereocenters.